The lowest BCUT2D eigenvalue weighted by molar-refractivity contribution is -0.236. The SMILES string of the molecule is CC1(C)OCC([C@H]2O[C@H](O)[C@H]3OC(C)(C)O[C@@H]32)O1. The Labute approximate surface area is 106 Å². The molecule has 0 spiro atoms. The second-order valence-corrected chi connectivity index (χ2v) is 5.92. The number of aliphatic hydroxyl groups is 1. The Kier molecular flexibility index (Phi) is 2.75. The van der Waals surface area contributed by atoms with Crippen molar-refractivity contribution >= 4 is 0 Å². The second-order valence-electron chi connectivity index (χ2n) is 5.92. The molecule has 3 heterocycles. The third kappa shape index (κ3) is 2.07. The highest BCUT2D eigenvalue weighted by atomic mass is 16.8. The summed E-state index contributed by atoms with van der Waals surface area (Å²) in [7, 11) is 0. The molecule has 6 heteroatoms. The zero-order valence-electron chi connectivity index (χ0n) is 11.1. The summed E-state index contributed by atoms with van der Waals surface area (Å²) in [5, 5.41) is 9.87. The highest BCUT2D eigenvalue weighted by Crippen LogP contribution is 2.41. The van der Waals surface area contributed by atoms with E-state index in [2.05, 4.69) is 0 Å². The molecular formula is C12H20O6. The van der Waals surface area contributed by atoms with Crippen molar-refractivity contribution in [3.05, 3.63) is 0 Å². The van der Waals surface area contributed by atoms with Gasteiger partial charge in [0.15, 0.2) is 17.9 Å². The monoisotopic (exact) mass is 260 g/mol. The van der Waals surface area contributed by atoms with Crippen molar-refractivity contribution in [1.82, 2.24) is 0 Å². The molecular weight excluding hydrogens is 240 g/mol. The van der Waals surface area contributed by atoms with Gasteiger partial charge in [-0.3, -0.25) is 0 Å². The van der Waals surface area contributed by atoms with Gasteiger partial charge in [0.05, 0.1) is 6.61 Å². The molecule has 6 nitrogen and oxygen atoms in total. The largest absolute Gasteiger partial charge is 0.366 e. The van der Waals surface area contributed by atoms with E-state index >= 15 is 0 Å². The molecule has 1 unspecified atom stereocenters. The molecule has 3 rings (SSSR count). The van der Waals surface area contributed by atoms with E-state index in [9.17, 15) is 5.11 Å². The van der Waals surface area contributed by atoms with Crippen molar-refractivity contribution in [1.29, 1.82) is 0 Å². The highest BCUT2D eigenvalue weighted by molar-refractivity contribution is 4.99. The Hall–Kier alpha value is -0.240. The molecule has 1 N–H and O–H groups in total. The molecule has 3 aliphatic heterocycles. The summed E-state index contributed by atoms with van der Waals surface area (Å²) in [5.74, 6) is -1.32. The molecule has 0 aromatic carbocycles. The Morgan fingerprint density at radius 1 is 0.889 bits per heavy atom. The summed E-state index contributed by atoms with van der Waals surface area (Å²) in [6.07, 6.45) is -2.38. The molecule has 18 heavy (non-hydrogen) atoms. The van der Waals surface area contributed by atoms with Crippen molar-refractivity contribution in [2.24, 2.45) is 0 Å². The zero-order chi connectivity index (χ0) is 13.1. The summed E-state index contributed by atoms with van der Waals surface area (Å²) in [6, 6.07) is 0. The average Bonchev–Trinajstić information content (AvgIpc) is 2.81. The molecule has 0 aromatic heterocycles. The smallest absolute Gasteiger partial charge is 0.184 e. The van der Waals surface area contributed by atoms with Crippen LogP contribution in [0.4, 0.5) is 0 Å². The third-order valence-electron chi connectivity index (χ3n) is 3.46. The molecule has 3 saturated heterocycles. The molecule has 3 fully saturated rings. The van der Waals surface area contributed by atoms with Gasteiger partial charge < -0.3 is 28.8 Å². The van der Waals surface area contributed by atoms with Crippen LogP contribution < -0.4 is 0 Å². The van der Waals surface area contributed by atoms with Crippen LogP contribution in [0.3, 0.4) is 0 Å². The van der Waals surface area contributed by atoms with E-state index in [1.165, 1.54) is 0 Å². The summed E-state index contributed by atoms with van der Waals surface area (Å²) in [6.45, 7) is 7.78. The minimum Gasteiger partial charge on any atom is -0.366 e. The van der Waals surface area contributed by atoms with Gasteiger partial charge in [0.2, 0.25) is 0 Å². The topological polar surface area (TPSA) is 66.4 Å². The summed E-state index contributed by atoms with van der Waals surface area (Å²) >= 11 is 0. The van der Waals surface area contributed by atoms with Gasteiger partial charge in [0.1, 0.15) is 24.4 Å². The molecule has 104 valence electrons. The minimum absolute atomic E-state index is 0.248. The summed E-state index contributed by atoms with van der Waals surface area (Å²) in [5.41, 5.74) is 0. The van der Waals surface area contributed by atoms with Crippen molar-refractivity contribution in [3.8, 4) is 0 Å². The van der Waals surface area contributed by atoms with E-state index in [1.807, 2.05) is 27.7 Å². The average molecular weight is 260 g/mol. The van der Waals surface area contributed by atoms with E-state index in [0.29, 0.717) is 6.61 Å². The van der Waals surface area contributed by atoms with Crippen LogP contribution >= 0.6 is 0 Å². The van der Waals surface area contributed by atoms with Crippen LogP contribution in [-0.2, 0) is 23.7 Å². The maximum Gasteiger partial charge on any atom is 0.184 e. The molecule has 3 aliphatic rings. The van der Waals surface area contributed by atoms with Gasteiger partial charge in [-0.1, -0.05) is 0 Å². The summed E-state index contributed by atoms with van der Waals surface area (Å²) in [4.78, 5) is 0. The van der Waals surface area contributed by atoms with Crippen LogP contribution in [0.15, 0.2) is 0 Å². The first-order valence-electron chi connectivity index (χ1n) is 6.28. The van der Waals surface area contributed by atoms with Gasteiger partial charge in [0, 0.05) is 0 Å². The van der Waals surface area contributed by atoms with Crippen LogP contribution in [0.2, 0.25) is 0 Å². The molecule has 0 saturated carbocycles. The summed E-state index contributed by atoms with van der Waals surface area (Å²) < 4.78 is 28.2. The highest BCUT2D eigenvalue weighted by Gasteiger charge is 2.58. The normalized spacial score (nSPS) is 49.5. The van der Waals surface area contributed by atoms with E-state index in [4.69, 9.17) is 23.7 Å². The second kappa shape index (κ2) is 3.88. The van der Waals surface area contributed by atoms with E-state index in [0.717, 1.165) is 0 Å². The fourth-order valence-electron chi connectivity index (χ4n) is 2.78. The first kappa shape index (κ1) is 12.8. The van der Waals surface area contributed by atoms with Gasteiger partial charge in [-0.2, -0.15) is 0 Å². The molecule has 0 radical (unpaired) electrons. The lowest BCUT2D eigenvalue weighted by atomic mass is 10.1. The Bertz CT molecular complexity index is 341. The van der Waals surface area contributed by atoms with Crippen LogP contribution in [0, 0.1) is 0 Å². The van der Waals surface area contributed by atoms with Gasteiger partial charge in [0.25, 0.3) is 0 Å². The maximum atomic E-state index is 9.87. The number of rotatable bonds is 1. The van der Waals surface area contributed by atoms with Gasteiger partial charge in [-0.25, -0.2) is 0 Å². The van der Waals surface area contributed by atoms with Crippen LogP contribution in [0.5, 0.6) is 0 Å². The van der Waals surface area contributed by atoms with Gasteiger partial charge >= 0.3 is 0 Å². The lowest BCUT2D eigenvalue weighted by Crippen LogP contribution is -2.40. The minimum atomic E-state index is -0.978. The number of hydrogen-bond acceptors (Lipinski definition) is 6. The Morgan fingerprint density at radius 3 is 2.17 bits per heavy atom. The van der Waals surface area contributed by atoms with E-state index < -0.39 is 24.0 Å². The number of ether oxygens (including phenoxy) is 5. The fourth-order valence-corrected chi connectivity index (χ4v) is 2.78. The number of fused-ring (bicyclic) bond motifs is 1. The molecule has 0 aromatic rings. The first-order valence-corrected chi connectivity index (χ1v) is 6.28. The zero-order valence-corrected chi connectivity index (χ0v) is 11.1. The van der Waals surface area contributed by atoms with Crippen LogP contribution in [0.25, 0.3) is 0 Å². The van der Waals surface area contributed by atoms with Crippen LogP contribution in [0.1, 0.15) is 27.7 Å². The predicted molar refractivity (Wildman–Crippen MR) is 59.6 cm³/mol. The fraction of sp³-hybridized carbons (Fsp3) is 1.00. The van der Waals surface area contributed by atoms with Gasteiger partial charge in [-0.05, 0) is 27.7 Å². The standard InChI is InChI=1S/C12H20O6/c1-11(2)14-5-6(16-11)7-8-9(10(13)15-7)18-12(3,4)17-8/h6-10,13H,5H2,1-4H3/t6?,7-,8-,9+,10+/m1/s1. The van der Waals surface area contributed by atoms with E-state index in [1.54, 1.807) is 0 Å². The van der Waals surface area contributed by atoms with Crippen molar-refractivity contribution in [3.63, 3.8) is 0 Å². The number of aliphatic hydroxyl groups excluding tert-OH is 1. The third-order valence-corrected chi connectivity index (χ3v) is 3.46. The van der Waals surface area contributed by atoms with Crippen molar-refractivity contribution < 1.29 is 28.8 Å². The quantitative estimate of drug-likeness (QED) is 0.735. The molecule has 0 amide bonds. The molecule has 0 aliphatic carbocycles. The van der Waals surface area contributed by atoms with E-state index in [-0.39, 0.29) is 18.3 Å². The molecule has 0 bridgehead atoms. The molecule has 5 atom stereocenters. The lowest BCUT2D eigenvalue weighted by Gasteiger charge is -2.26. The first-order chi connectivity index (χ1) is 8.27. The van der Waals surface area contributed by atoms with Gasteiger partial charge in [-0.15, -0.1) is 0 Å². The Balaban J connectivity index is 1.75. The van der Waals surface area contributed by atoms with Crippen molar-refractivity contribution in [2.75, 3.05) is 6.61 Å². The van der Waals surface area contributed by atoms with Crippen molar-refractivity contribution in [2.45, 2.75) is 70.0 Å². The number of hydrogen-bond donors (Lipinski definition) is 1. The maximum absolute atomic E-state index is 9.87. The predicted octanol–water partition coefficient (Wildman–Crippen LogP) is 0.375. The van der Waals surface area contributed by atoms with Crippen LogP contribution in [-0.4, -0.2) is 54.0 Å². The Morgan fingerprint density at radius 2 is 1.56 bits per heavy atom.